The minimum Gasteiger partial charge on any atom is -0.368 e. The summed E-state index contributed by atoms with van der Waals surface area (Å²) in [6.45, 7) is 4.00. The largest absolute Gasteiger partial charge is 0.368 e. The van der Waals surface area contributed by atoms with E-state index >= 15 is 0 Å². The van der Waals surface area contributed by atoms with E-state index in [-0.39, 0.29) is 12.0 Å². The van der Waals surface area contributed by atoms with Gasteiger partial charge < -0.3 is 5.73 Å². The van der Waals surface area contributed by atoms with Crippen molar-refractivity contribution in [1.82, 2.24) is 9.97 Å². The Balaban J connectivity index is 2.76. The molecule has 1 aromatic rings. The van der Waals surface area contributed by atoms with E-state index in [1.807, 2.05) is 13.8 Å². The van der Waals surface area contributed by atoms with Crippen LogP contribution >= 0.6 is 0 Å². The summed E-state index contributed by atoms with van der Waals surface area (Å²) in [5.74, 6) is 0.280. The molecule has 1 rings (SSSR count). The number of anilines is 1. The highest BCUT2D eigenvalue weighted by Gasteiger charge is 1.91. The molecule has 0 aromatic carbocycles. The van der Waals surface area contributed by atoms with E-state index in [1.54, 1.807) is 18.5 Å². The molecule has 0 spiro atoms. The fourth-order valence-electron chi connectivity index (χ4n) is 0.686. The molecule has 64 valence electrons. The van der Waals surface area contributed by atoms with Gasteiger partial charge in [-0.2, -0.15) is 0 Å². The van der Waals surface area contributed by atoms with Crippen LogP contribution in [0, 0.1) is 0 Å². The molecule has 0 amide bonds. The number of hydrogen-bond donors (Lipinski definition) is 1. The van der Waals surface area contributed by atoms with Crippen molar-refractivity contribution >= 4 is 12.2 Å². The second-order valence-electron chi connectivity index (χ2n) is 2.71. The lowest BCUT2D eigenvalue weighted by molar-refractivity contribution is 0.840. The standard InChI is InChI=1S/C8H12N4/c1-6(2)11-5-7-3-4-10-8(9)12-7/h3-6H,1-2H3,(H2,9,10,12). The highest BCUT2D eigenvalue weighted by molar-refractivity contribution is 5.77. The summed E-state index contributed by atoms with van der Waals surface area (Å²) in [6, 6.07) is 2.04. The summed E-state index contributed by atoms with van der Waals surface area (Å²) in [7, 11) is 0. The molecule has 0 saturated carbocycles. The van der Waals surface area contributed by atoms with E-state index in [1.165, 1.54) is 0 Å². The summed E-state index contributed by atoms with van der Waals surface area (Å²) in [5.41, 5.74) is 6.13. The molecule has 0 saturated heterocycles. The summed E-state index contributed by atoms with van der Waals surface area (Å²) in [6.07, 6.45) is 3.31. The number of nitrogen functional groups attached to an aromatic ring is 1. The van der Waals surface area contributed by atoms with Gasteiger partial charge in [0.15, 0.2) is 0 Å². The molecule has 0 aliphatic carbocycles. The van der Waals surface area contributed by atoms with Gasteiger partial charge in [0.2, 0.25) is 5.95 Å². The molecule has 0 unspecified atom stereocenters. The van der Waals surface area contributed by atoms with Crippen LogP contribution in [0.4, 0.5) is 5.95 Å². The SMILES string of the molecule is CC(C)N=Cc1ccnc(N)n1. The van der Waals surface area contributed by atoms with Crippen LogP contribution < -0.4 is 5.73 Å². The average molecular weight is 164 g/mol. The minimum absolute atomic E-state index is 0.279. The second kappa shape index (κ2) is 3.80. The monoisotopic (exact) mass is 164 g/mol. The average Bonchev–Trinajstić information content (AvgIpc) is 2.01. The third kappa shape index (κ3) is 2.65. The van der Waals surface area contributed by atoms with Crippen LogP contribution in [0.3, 0.4) is 0 Å². The van der Waals surface area contributed by atoms with E-state index in [0.29, 0.717) is 0 Å². The highest BCUT2D eigenvalue weighted by atomic mass is 15.0. The Morgan fingerprint density at radius 2 is 2.33 bits per heavy atom. The Hall–Kier alpha value is -1.45. The lowest BCUT2D eigenvalue weighted by Crippen LogP contribution is -1.98. The molecular formula is C8H12N4. The third-order valence-corrected chi connectivity index (χ3v) is 1.20. The van der Waals surface area contributed by atoms with Crippen LogP contribution in [0.1, 0.15) is 19.5 Å². The predicted octanol–water partition coefficient (Wildman–Crippen LogP) is 0.886. The number of rotatable bonds is 2. The van der Waals surface area contributed by atoms with Gasteiger partial charge in [-0.15, -0.1) is 0 Å². The lowest BCUT2D eigenvalue weighted by atomic mass is 10.4. The number of nitrogens with two attached hydrogens (primary N) is 1. The van der Waals surface area contributed by atoms with Crippen molar-refractivity contribution < 1.29 is 0 Å². The minimum atomic E-state index is 0.279. The van der Waals surface area contributed by atoms with E-state index in [0.717, 1.165) is 5.69 Å². The van der Waals surface area contributed by atoms with Crippen molar-refractivity contribution in [3.05, 3.63) is 18.0 Å². The molecular weight excluding hydrogens is 152 g/mol. The Labute approximate surface area is 71.6 Å². The first kappa shape index (κ1) is 8.64. The Morgan fingerprint density at radius 1 is 1.58 bits per heavy atom. The second-order valence-corrected chi connectivity index (χ2v) is 2.71. The number of hydrogen-bond acceptors (Lipinski definition) is 4. The number of aromatic nitrogens is 2. The summed E-state index contributed by atoms with van der Waals surface area (Å²) in [4.78, 5) is 11.9. The molecule has 0 aliphatic rings. The molecule has 2 N–H and O–H groups in total. The van der Waals surface area contributed by atoms with Crippen LogP contribution in [0.5, 0.6) is 0 Å². The van der Waals surface area contributed by atoms with Gasteiger partial charge in [-0.1, -0.05) is 0 Å². The van der Waals surface area contributed by atoms with Gasteiger partial charge in [-0.25, -0.2) is 9.97 Å². The van der Waals surface area contributed by atoms with E-state index < -0.39 is 0 Å². The molecule has 0 fully saturated rings. The molecule has 1 aromatic heterocycles. The van der Waals surface area contributed by atoms with Crippen LogP contribution in [0.25, 0.3) is 0 Å². The van der Waals surface area contributed by atoms with Gasteiger partial charge in [-0.3, -0.25) is 4.99 Å². The predicted molar refractivity (Wildman–Crippen MR) is 49.2 cm³/mol. The topological polar surface area (TPSA) is 64.2 Å². The van der Waals surface area contributed by atoms with Gasteiger partial charge in [0.25, 0.3) is 0 Å². The summed E-state index contributed by atoms with van der Waals surface area (Å²) < 4.78 is 0. The summed E-state index contributed by atoms with van der Waals surface area (Å²) in [5, 5.41) is 0. The maximum atomic E-state index is 5.38. The zero-order valence-corrected chi connectivity index (χ0v) is 7.23. The fourth-order valence-corrected chi connectivity index (χ4v) is 0.686. The van der Waals surface area contributed by atoms with E-state index in [4.69, 9.17) is 5.73 Å². The molecule has 4 heteroatoms. The Kier molecular flexibility index (Phi) is 2.74. The Bertz CT molecular complexity index is 280. The fraction of sp³-hybridized carbons (Fsp3) is 0.375. The molecule has 1 heterocycles. The van der Waals surface area contributed by atoms with Crippen molar-refractivity contribution in [1.29, 1.82) is 0 Å². The van der Waals surface area contributed by atoms with Gasteiger partial charge >= 0.3 is 0 Å². The molecule has 4 nitrogen and oxygen atoms in total. The number of nitrogens with zero attached hydrogens (tertiary/aromatic N) is 3. The van der Waals surface area contributed by atoms with E-state index in [2.05, 4.69) is 15.0 Å². The number of aliphatic imine (C=N–C) groups is 1. The first-order valence-electron chi connectivity index (χ1n) is 3.80. The lowest BCUT2D eigenvalue weighted by Gasteiger charge is -1.95. The highest BCUT2D eigenvalue weighted by Crippen LogP contribution is 1.94. The first-order chi connectivity index (χ1) is 5.68. The molecule has 0 radical (unpaired) electrons. The van der Waals surface area contributed by atoms with Gasteiger partial charge in [-0.05, 0) is 19.9 Å². The van der Waals surface area contributed by atoms with E-state index in [9.17, 15) is 0 Å². The van der Waals surface area contributed by atoms with Gasteiger partial charge in [0.05, 0.1) is 5.69 Å². The molecule has 12 heavy (non-hydrogen) atoms. The van der Waals surface area contributed by atoms with Crippen LogP contribution in [-0.4, -0.2) is 22.2 Å². The normalized spacial score (nSPS) is 11.2. The van der Waals surface area contributed by atoms with Gasteiger partial charge in [0, 0.05) is 18.5 Å². The smallest absolute Gasteiger partial charge is 0.220 e. The maximum absolute atomic E-state index is 5.38. The molecule has 0 aliphatic heterocycles. The zero-order chi connectivity index (χ0) is 8.97. The van der Waals surface area contributed by atoms with Crippen molar-refractivity contribution in [2.75, 3.05) is 5.73 Å². The molecule has 0 atom stereocenters. The maximum Gasteiger partial charge on any atom is 0.220 e. The van der Waals surface area contributed by atoms with Crippen LogP contribution in [0.2, 0.25) is 0 Å². The van der Waals surface area contributed by atoms with Crippen molar-refractivity contribution in [2.24, 2.45) is 4.99 Å². The summed E-state index contributed by atoms with van der Waals surface area (Å²) >= 11 is 0. The van der Waals surface area contributed by atoms with Crippen molar-refractivity contribution in [3.8, 4) is 0 Å². The van der Waals surface area contributed by atoms with Crippen molar-refractivity contribution in [2.45, 2.75) is 19.9 Å². The first-order valence-corrected chi connectivity index (χ1v) is 3.80. The van der Waals surface area contributed by atoms with Crippen LogP contribution in [-0.2, 0) is 0 Å². The van der Waals surface area contributed by atoms with Gasteiger partial charge in [0.1, 0.15) is 0 Å². The quantitative estimate of drug-likeness (QED) is 0.660. The third-order valence-electron chi connectivity index (χ3n) is 1.20. The molecule has 0 bridgehead atoms. The zero-order valence-electron chi connectivity index (χ0n) is 7.23. The Morgan fingerprint density at radius 3 is 2.92 bits per heavy atom. The van der Waals surface area contributed by atoms with Crippen molar-refractivity contribution in [3.63, 3.8) is 0 Å². The van der Waals surface area contributed by atoms with Crippen LogP contribution in [0.15, 0.2) is 17.3 Å².